The summed E-state index contributed by atoms with van der Waals surface area (Å²) in [6.45, 7) is 12.5. The molecule has 2 aliphatic heterocycles. The third-order valence-corrected chi connectivity index (χ3v) is 7.51. The molecule has 0 spiro atoms. The number of carbonyl (C=O) groups excluding carboxylic acids is 1. The van der Waals surface area contributed by atoms with Crippen LogP contribution >= 0.6 is 34.8 Å². The number of hydrogen-bond acceptors (Lipinski definition) is 7. The van der Waals surface area contributed by atoms with Gasteiger partial charge in [0, 0.05) is 55.4 Å². The van der Waals surface area contributed by atoms with E-state index in [1.165, 1.54) is 0 Å². The molecule has 2 saturated heterocycles. The molecule has 1 aromatic carbocycles. The Morgan fingerprint density at radius 2 is 1.84 bits per heavy atom. The number of halogens is 3. The lowest BCUT2D eigenvalue weighted by atomic mass is 10.0. The van der Waals surface area contributed by atoms with Crippen LogP contribution < -0.4 is 10.2 Å². The number of nitrogens with zero attached hydrogens (tertiary/aromatic N) is 5. The van der Waals surface area contributed by atoms with E-state index in [4.69, 9.17) is 44.5 Å². The second-order valence-electron chi connectivity index (χ2n) is 10.6. The molecule has 11 heteroatoms. The van der Waals surface area contributed by atoms with Crippen LogP contribution in [0.15, 0.2) is 24.4 Å². The predicted molar refractivity (Wildman–Crippen MR) is 150 cm³/mol. The molecule has 0 radical (unpaired) electrons. The van der Waals surface area contributed by atoms with Crippen molar-refractivity contribution in [2.24, 2.45) is 0 Å². The van der Waals surface area contributed by atoms with Crippen LogP contribution in [-0.4, -0.2) is 76.8 Å². The van der Waals surface area contributed by atoms with E-state index in [-0.39, 0.29) is 12.1 Å². The quantitative estimate of drug-likeness (QED) is 0.464. The fourth-order valence-electron chi connectivity index (χ4n) is 4.78. The lowest BCUT2D eigenvalue weighted by Gasteiger charge is -2.43. The first-order valence-electron chi connectivity index (χ1n) is 12.7. The molecule has 0 bridgehead atoms. The van der Waals surface area contributed by atoms with Gasteiger partial charge in [0.15, 0.2) is 5.82 Å². The van der Waals surface area contributed by atoms with Gasteiger partial charge in [0.25, 0.3) is 0 Å². The molecule has 37 heavy (non-hydrogen) atoms. The Morgan fingerprint density at radius 3 is 2.51 bits per heavy atom. The minimum Gasteiger partial charge on any atom is -0.444 e. The van der Waals surface area contributed by atoms with Gasteiger partial charge >= 0.3 is 6.09 Å². The van der Waals surface area contributed by atoms with Crippen molar-refractivity contribution >= 4 is 52.7 Å². The highest BCUT2D eigenvalue weighted by molar-refractivity contribution is 6.35. The number of benzene rings is 1. The first-order chi connectivity index (χ1) is 17.5. The number of amides is 1. The summed E-state index contributed by atoms with van der Waals surface area (Å²) in [5.41, 5.74) is 0.421. The summed E-state index contributed by atoms with van der Waals surface area (Å²) in [4.78, 5) is 28.3. The van der Waals surface area contributed by atoms with Crippen LogP contribution in [0.2, 0.25) is 15.1 Å². The van der Waals surface area contributed by atoms with Gasteiger partial charge in [-0.1, -0.05) is 40.9 Å². The fourth-order valence-corrected chi connectivity index (χ4v) is 5.50. The first kappa shape index (κ1) is 28.0. The molecule has 2 aliphatic rings. The smallest absolute Gasteiger partial charge is 0.410 e. The van der Waals surface area contributed by atoms with Gasteiger partial charge in [-0.2, -0.15) is 4.98 Å². The summed E-state index contributed by atoms with van der Waals surface area (Å²) in [7, 11) is 0. The number of hydrogen-bond donors (Lipinski definition) is 1. The van der Waals surface area contributed by atoms with Crippen LogP contribution in [0.1, 0.15) is 52.1 Å². The highest BCUT2D eigenvalue weighted by Crippen LogP contribution is 2.31. The maximum absolute atomic E-state index is 12.6. The van der Waals surface area contributed by atoms with Gasteiger partial charge in [-0.15, -0.1) is 0 Å². The van der Waals surface area contributed by atoms with Gasteiger partial charge in [0.2, 0.25) is 5.95 Å². The van der Waals surface area contributed by atoms with E-state index >= 15 is 0 Å². The summed E-state index contributed by atoms with van der Waals surface area (Å²) in [5.74, 6) is 1.20. The van der Waals surface area contributed by atoms with Gasteiger partial charge in [-0.3, -0.25) is 4.90 Å². The van der Waals surface area contributed by atoms with Crippen molar-refractivity contribution in [1.82, 2.24) is 19.8 Å². The zero-order chi connectivity index (χ0) is 26.7. The Balaban J connectivity index is 1.35. The molecule has 1 unspecified atom stereocenters. The van der Waals surface area contributed by atoms with Crippen molar-refractivity contribution < 1.29 is 9.53 Å². The largest absolute Gasteiger partial charge is 0.444 e. The molecule has 3 heterocycles. The van der Waals surface area contributed by atoms with E-state index in [0.29, 0.717) is 39.4 Å². The van der Waals surface area contributed by atoms with Crippen molar-refractivity contribution in [2.75, 3.05) is 49.5 Å². The SMILES string of the molecule is C[C@@H](Nc1nc(N2CCN(C3CCCN(C(=O)OC(C)(C)C)C3)CC2)ncc1Cl)c1ccc(Cl)cc1Cl. The molecule has 1 N–H and O–H groups in total. The number of piperazine rings is 1. The number of aromatic nitrogens is 2. The highest BCUT2D eigenvalue weighted by Gasteiger charge is 2.32. The minimum atomic E-state index is -0.485. The number of anilines is 2. The number of rotatable bonds is 5. The lowest BCUT2D eigenvalue weighted by Crippen LogP contribution is -2.56. The molecule has 1 amide bonds. The Kier molecular flexibility index (Phi) is 8.94. The Morgan fingerprint density at radius 1 is 1.11 bits per heavy atom. The molecule has 202 valence electrons. The van der Waals surface area contributed by atoms with Crippen molar-refractivity contribution in [1.29, 1.82) is 0 Å². The zero-order valence-electron chi connectivity index (χ0n) is 21.8. The van der Waals surface area contributed by atoms with Crippen LogP contribution in [0, 0.1) is 0 Å². The van der Waals surface area contributed by atoms with E-state index in [0.717, 1.165) is 51.1 Å². The van der Waals surface area contributed by atoms with Crippen molar-refractivity contribution in [3.8, 4) is 0 Å². The van der Waals surface area contributed by atoms with Crippen LogP contribution in [0.25, 0.3) is 0 Å². The van der Waals surface area contributed by atoms with Crippen LogP contribution in [0.5, 0.6) is 0 Å². The monoisotopic (exact) mass is 568 g/mol. The molecule has 4 rings (SSSR count). The number of ether oxygens (including phenoxy) is 1. The molecule has 2 aromatic rings. The number of likely N-dealkylation sites (tertiary alicyclic amines) is 1. The fraction of sp³-hybridized carbons (Fsp3) is 0.577. The van der Waals surface area contributed by atoms with Gasteiger partial charge in [0.1, 0.15) is 10.6 Å². The summed E-state index contributed by atoms with van der Waals surface area (Å²) >= 11 is 18.8. The van der Waals surface area contributed by atoms with Crippen molar-refractivity contribution in [2.45, 2.75) is 58.2 Å². The predicted octanol–water partition coefficient (Wildman–Crippen LogP) is 6.13. The van der Waals surface area contributed by atoms with Crippen LogP contribution in [-0.2, 0) is 4.74 Å². The highest BCUT2D eigenvalue weighted by atomic mass is 35.5. The van der Waals surface area contributed by atoms with Crippen molar-refractivity contribution in [3.05, 3.63) is 45.0 Å². The molecule has 8 nitrogen and oxygen atoms in total. The van der Waals surface area contributed by atoms with Gasteiger partial charge in [0.05, 0.1) is 12.2 Å². The van der Waals surface area contributed by atoms with E-state index < -0.39 is 5.60 Å². The van der Waals surface area contributed by atoms with Crippen LogP contribution in [0.4, 0.5) is 16.6 Å². The standard InChI is InChI=1S/C26H35Cl3N6O2/c1-17(20-8-7-18(27)14-21(20)28)31-23-22(29)15-30-24(32-23)34-12-10-33(11-13-34)19-6-5-9-35(16-19)25(36)37-26(2,3)4/h7-8,14-15,17,19H,5-6,9-13,16H2,1-4H3,(H,30,31,32)/t17-,19?/m1/s1. The average Bonchev–Trinajstić information content (AvgIpc) is 2.84. The summed E-state index contributed by atoms with van der Waals surface area (Å²) in [6, 6.07) is 5.64. The van der Waals surface area contributed by atoms with Gasteiger partial charge < -0.3 is 19.9 Å². The van der Waals surface area contributed by atoms with E-state index in [1.807, 2.05) is 44.7 Å². The maximum Gasteiger partial charge on any atom is 0.410 e. The summed E-state index contributed by atoms with van der Waals surface area (Å²) < 4.78 is 5.59. The third-order valence-electron chi connectivity index (χ3n) is 6.68. The topological polar surface area (TPSA) is 73.8 Å². The Bertz CT molecular complexity index is 1100. The molecular formula is C26H35Cl3N6O2. The normalized spacial score (nSPS) is 20.0. The Labute approximate surface area is 234 Å². The van der Waals surface area contributed by atoms with Crippen LogP contribution in [0.3, 0.4) is 0 Å². The van der Waals surface area contributed by atoms with Gasteiger partial charge in [-0.05, 0) is 58.2 Å². The average molecular weight is 570 g/mol. The first-order valence-corrected chi connectivity index (χ1v) is 13.8. The van der Waals surface area contributed by atoms with Gasteiger partial charge in [-0.25, -0.2) is 9.78 Å². The second kappa shape index (κ2) is 11.8. The number of carbonyl (C=O) groups is 1. The zero-order valence-corrected chi connectivity index (χ0v) is 24.1. The lowest BCUT2D eigenvalue weighted by molar-refractivity contribution is 0.0101. The van der Waals surface area contributed by atoms with E-state index in [1.54, 1.807) is 12.3 Å². The maximum atomic E-state index is 12.6. The number of nitrogens with one attached hydrogen (secondary N) is 1. The summed E-state index contributed by atoms with van der Waals surface area (Å²) in [5, 5.41) is 4.99. The van der Waals surface area contributed by atoms with Crippen molar-refractivity contribution in [3.63, 3.8) is 0 Å². The molecule has 0 aliphatic carbocycles. The van der Waals surface area contributed by atoms with E-state index in [9.17, 15) is 4.79 Å². The Hall–Kier alpha value is -2.00. The summed E-state index contributed by atoms with van der Waals surface area (Å²) in [6.07, 6.45) is 3.47. The molecule has 2 fully saturated rings. The molecule has 1 aromatic heterocycles. The third kappa shape index (κ3) is 7.31. The molecular weight excluding hydrogens is 535 g/mol. The van der Waals surface area contributed by atoms with E-state index in [2.05, 4.69) is 20.1 Å². The molecule has 0 saturated carbocycles. The molecule has 2 atom stereocenters. The minimum absolute atomic E-state index is 0.124. The second-order valence-corrected chi connectivity index (χ2v) is 11.9. The number of piperidine rings is 1.